The van der Waals surface area contributed by atoms with E-state index in [4.69, 9.17) is 4.74 Å². The zero-order valence-electron chi connectivity index (χ0n) is 9.49. The molecule has 0 amide bonds. The fraction of sp³-hybridized carbons (Fsp3) is 0.818. The Hall–Kier alpha value is -0.300. The standard InChI is InChI=1S/C11H22O/c1-8(2)9(3)10(4)11(5,6)12-7/h10H,1-7H3/t10-/m1/s1. The molecule has 0 heterocycles. The number of allylic oxidation sites excluding steroid dienone is 1. The van der Waals surface area contributed by atoms with Crippen LogP contribution in [0.3, 0.4) is 0 Å². The molecule has 0 radical (unpaired) electrons. The van der Waals surface area contributed by atoms with Crippen LogP contribution in [0.5, 0.6) is 0 Å². The highest BCUT2D eigenvalue weighted by molar-refractivity contribution is 5.13. The van der Waals surface area contributed by atoms with Crippen molar-refractivity contribution in [3.05, 3.63) is 11.1 Å². The van der Waals surface area contributed by atoms with Crippen LogP contribution in [-0.2, 0) is 4.74 Å². The van der Waals surface area contributed by atoms with E-state index in [0.717, 1.165) is 0 Å². The lowest BCUT2D eigenvalue weighted by Crippen LogP contribution is -2.32. The molecule has 1 atom stereocenters. The first-order valence-corrected chi connectivity index (χ1v) is 4.52. The van der Waals surface area contributed by atoms with Crippen molar-refractivity contribution in [2.24, 2.45) is 5.92 Å². The average molecular weight is 170 g/mol. The molecule has 1 heteroatoms. The molecule has 0 spiro atoms. The molecule has 0 N–H and O–H groups in total. The van der Waals surface area contributed by atoms with Crippen LogP contribution >= 0.6 is 0 Å². The minimum absolute atomic E-state index is 0.0542. The Kier molecular flexibility index (Phi) is 3.98. The van der Waals surface area contributed by atoms with E-state index in [1.807, 2.05) is 0 Å². The fourth-order valence-corrected chi connectivity index (χ4v) is 1.13. The van der Waals surface area contributed by atoms with Crippen molar-refractivity contribution in [2.75, 3.05) is 7.11 Å². The summed E-state index contributed by atoms with van der Waals surface area (Å²) in [7, 11) is 1.77. The second kappa shape index (κ2) is 4.08. The summed E-state index contributed by atoms with van der Waals surface area (Å²) in [5.41, 5.74) is 2.77. The summed E-state index contributed by atoms with van der Waals surface area (Å²) in [6, 6.07) is 0. The van der Waals surface area contributed by atoms with Crippen molar-refractivity contribution in [1.82, 2.24) is 0 Å². The van der Waals surface area contributed by atoms with E-state index in [1.165, 1.54) is 11.1 Å². The van der Waals surface area contributed by atoms with Crippen molar-refractivity contribution in [2.45, 2.75) is 47.1 Å². The predicted octanol–water partition coefficient (Wildman–Crippen LogP) is 3.40. The lowest BCUT2D eigenvalue weighted by Gasteiger charge is -2.31. The van der Waals surface area contributed by atoms with E-state index < -0.39 is 0 Å². The first-order valence-electron chi connectivity index (χ1n) is 4.52. The summed E-state index contributed by atoms with van der Waals surface area (Å²) in [4.78, 5) is 0. The van der Waals surface area contributed by atoms with Crippen LogP contribution in [0, 0.1) is 5.92 Å². The molecular formula is C11H22O. The summed E-state index contributed by atoms with van der Waals surface area (Å²) >= 11 is 0. The highest BCUT2D eigenvalue weighted by Crippen LogP contribution is 2.28. The zero-order chi connectivity index (χ0) is 9.94. The fourth-order valence-electron chi connectivity index (χ4n) is 1.13. The topological polar surface area (TPSA) is 9.23 Å². The molecule has 1 nitrogen and oxygen atoms in total. The Morgan fingerprint density at radius 3 is 1.83 bits per heavy atom. The Morgan fingerprint density at radius 1 is 1.17 bits per heavy atom. The summed E-state index contributed by atoms with van der Waals surface area (Å²) < 4.78 is 5.44. The Morgan fingerprint density at radius 2 is 1.58 bits per heavy atom. The quantitative estimate of drug-likeness (QED) is 0.590. The Labute approximate surface area is 76.8 Å². The van der Waals surface area contributed by atoms with Crippen molar-refractivity contribution in [1.29, 1.82) is 0 Å². The van der Waals surface area contributed by atoms with Crippen molar-refractivity contribution < 1.29 is 4.74 Å². The second-order valence-corrected chi connectivity index (χ2v) is 4.21. The lowest BCUT2D eigenvalue weighted by molar-refractivity contribution is -0.0103. The molecule has 0 aliphatic carbocycles. The molecule has 0 aromatic carbocycles. The molecule has 0 unspecified atom stereocenters. The van der Waals surface area contributed by atoms with Gasteiger partial charge in [-0.3, -0.25) is 0 Å². The SMILES string of the molecule is COC(C)(C)[C@H](C)C(C)=C(C)C. The van der Waals surface area contributed by atoms with Crippen LogP contribution in [0.15, 0.2) is 11.1 Å². The van der Waals surface area contributed by atoms with E-state index in [1.54, 1.807) is 7.11 Å². The summed E-state index contributed by atoms with van der Waals surface area (Å²) in [5.74, 6) is 0.479. The zero-order valence-corrected chi connectivity index (χ0v) is 9.49. The average Bonchev–Trinajstić information content (AvgIpc) is 2.01. The van der Waals surface area contributed by atoms with Crippen LogP contribution in [0.1, 0.15) is 41.5 Å². The Balaban J connectivity index is 4.61. The predicted molar refractivity (Wildman–Crippen MR) is 54.3 cm³/mol. The number of rotatable bonds is 3. The van der Waals surface area contributed by atoms with Gasteiger partial charge in [-0.15, -0.1) is 0 Å². The summed E-state index contributed by atoms with van der Waals surface area (Å²) in [6.45, 7) is 13.0. The molecule has 0 aromatic heterocycles. The van der Waals surface area contributed by atoms with Gasteiger partial charge in [-0.05, 0) is 34.6 Å². The third kappa shape index (κ3) is 2.63. The number of ether oxygens (including phenoxy) is 1. The molecule has 0 aliphatic heterocycles. The largest absolute Gasteiger partial charge is 0.378 e. The van der Waals surface area contributed by atoms with Gasteiger partial charge in [-0.2, -0.15) is 0 Å². The van der Waals surface area contributed by atoms with Gasteiger partial charge in [-0.25, -0.2) is 0 Å². The van der Waals surface area contributed by atoms with E-state index in [0.29, 0.717) is 5.92 Å². The molecule has 0 bridgehead atoms. The molecule has 0 fully saturated rings. The van der Waals surface area contributed by atoms with Crippen LogP contribution in [-0.4, -0.2) is 12.7 Å². The summed E-state index contributed by atoms with van der Waals surface area (Å²) in [6.07, 6.45) is 0. The normalized spacial score (nSPS) is 14.2. The van der Waals surface area contributed by atoms with Crippen molar-refractivity contribution >= 4 is 0 Å². The van der Waals surface area contributed by atoms with E-state index >= 15 is 0 Å². The number of methoxy groups -OCH3 is 1. The molecule has 0 aromatic rings. The van der Waals surface area contributed by atoms with Crippen LogP contribution < -0.4 is 0 Å². The van der Waals surface area contributed by atoms with Gasteiger partial charge in [0.2, 0.25) is 0 Å². The number of hydrogen-bond acceptors (Lipinski definition) is 1. The smallest absolute Gasteiger partial charge is 0.0685 e. The van der Waals surface area contributed by atoms with Gasteiger partial charge in [0.1, 0.15) is 0 Å². The Bertz CT molecular complexity index is 173. The first-order chi connectivity index (χ1) is 5.33. The molecule has 0 aliphatic rings. The molecule has 0 rings (SSSR count). The van der Waals surface area contributed by atoms with Gasteiger partial charge in [0.25, 0.3) is 0 Å². The van der Waals surface area contributed by atoms with Crippen LogP contribution in [0.25, 0.3) is 0 Å². The van der Waals surface area contributed by atoms with Crippen molar-refractivity contribution in [3.63, 3.8) is 0 Å². The third-order valence-electron chi connectivity index (χ3n) is 3.01. The molecular weight excluding hydrogens is 148 g/mol. The maximum absolute atomic E-state index is 5.44. The van der Waals surface area contributed by atoms with Gasteiger partial charge in [0.15, 0.2) is 0 Å². The van der Waals surface area contributed by atoms with E-state index in [2.05, 4.69) is 41.5 Å². The monoisotopic (exact) mass is 170 g/mol. The van der Waals surface area contributed by atoms with Gasteiger partial charge in [-0.1, -0.05) is 18.1 Å². The highest BCUT2D eigenvalue weighted by atomic mass is 16.5. The van der Waals surface area contributed by atoms with Gasteiger partial charge < -0.3 is 4.74 Å². The van der Waals surface area contributed by atoms with Crippen LogP contribution in [0.2, 0.25) is 0 Å². The maximum atomic E-state index is 5.44. The van der Waals surface area contributed by atoms with E-state index in [9.17, 15) is 0 Å². The van der Waals surface area contributed by atoms with E-state index in [-0.39, 0.29) is 5.60 Å². The maximum Gasteiger partial charge on any atom is 0.0685 e. The van der Waals surface area contributed by atoms with Gasteiger partial charge in [0.05, 0.1) is 5.60 Å². The minimum atomic E-state index is -0.0542. The molecule has 12 heavy (non-hydrogen) atoms. The minimum Gasteiger partial charge on any atom is -0.378 e. The van der Waals surface area contributed by atoms with Crippen molar-refractivity contribution in [3.8, 4) is 0 Å². The van der Waals surface area contributed by atoms with Gasteiger partial charge >= 0.3 is 0 Å². The highest BCUT2D eigenvalue weighted by Gasteiger charge is 2.26. The summed E-state index contributed by atoms with van der Waals surface area (Å²) in [5, 5.41) is 0. The molecule has 0 saturated heterocycles. The molecule has 72 valence electrons. The first kappa shape index (κ1) is 11.7. The van der Waals surface area contributed by atoms with Gasteiger partial charge in [0, 0.05) is 13.0 Å². The lowest BCUT2D eigenvalue weighted by atomic mass is 9.85. The number of hydrogen-bond donors (Lipinski definition) is 0. The molecule has 0 saturated carbocycles. The third-order valence-corrected chi connectivity index (χ3v) is 3.01. The second-order valence-electron chi connectivity index (χ2n) is 4.21. The van der Waals surface area contributed by atoms with Crippen LogP contribution in [0.4, 0.5) is 0 Å².